The molecular weight excluding hydrogens is 418 g/mol. The van der Waals surface area contributed by atoms with E-state index in [2.05, 4.69) is 60.1 Å². The molecule has 1 N–H and O–H groups in total. The Morgan fingerprint density at radius 2 is 1.23 bits per heavy atom. The first-order valence-corrected chi connectivity index (χ1v) is 9.53. The second-order valence-corrected chi connectivity index (χ2v) is 6.48. The highest BCUT2D eigenvalue weighted by atomic mass is 19.5. The zero-order chi connectivity index (χ0) is 23.2. The van der Waals surface area contributed by atoms with Gasteiger partial charge in [-0.2, -0.15) is 0 Å². The van der Waals surface area contributed by atoms with Crippen molar-refractivity contribution in [2.75, 3.05) is 0 Å². The molecule has 0 aromatic carbocycles. The summed E-state index contributed by atoms with van der Waals surface area (Å²) < 4.78 is 80.3. The van der Waals surface area contributed by atoms with Gasteiger partial charge in [-0.05, 0) is 24.0 Å². The molecule has 12 heteroatoms. The first-order chi connectivity index (χ1) is 13.8. The Hall–Kier alpha value is -2.13. The van der Waals surface area contributed by atoms with Gasteiger partial charge in [-0.1, -0.05) is 26.7 Å². The van der Waals surface area contributed by atoms with Gasteiger partial charge in [-0.25, -0.2) is 9.55 Å². The van der Waals surface area contributed by atoms with Crippen LogP contribution in [0.1, 0.15) is 39.5 Å². The summed E-state index contributed by atoms with van der Waals surface area (Å²) in [5, 5.41) is 0. The number of nitrogens with zero attached hydrogens (tertiary/aromatic N) is 1. The maximum atomic E-state index is 9.75. The summed E-state index contributed by atoms with van der Waals surface area (Å²) in [5.74, 6) is 0.803. The molecule has 2 aromatic rings. The summed E-state index contributed by atoms with van der Waals surface area (Å²) in [6.45, 7) is 5.71. The van der Waals surface area contributed by atoms with Crippen LogP contribution in [0, 0.1) is 5.92 Å². The van der Waals surface area contributed by atoms with Gasteiger partial charge in [0.2, 0.25) is 0 Å². The number of aromatic nitrogens is 2. The minimum Gasteiger partial charge on any atom is -0.418 e. The molecular formula is C18H26B2F8N2. The van der Waals surface area contributed by atoms with Crippen LogP contribution in [0.4, 0.5) is 34.5 Å². The number of aromatic amines is 1. The second kappa shape index (κ2) is 14.0. The topological polar surface area (TPSA) is 18.0 Å². The summed E-state index contributed by atoms with van der Waals surface area (Å²) in [6, 6.07) is 8.63. The third-order valence-electron chi connectivity index (χ3n) is 3.95. The molecule has 0 aliphatic rings. The average Bonchev–Trinajstić information content (AvgIpc) is 2.64. The lowest BCUT2D eigenvalue weighted by Gasteiger charge is -2.10. The molecule has 1 unspecified atom stereocenters. The highest BCUT2D eigenvalue weighted by molar-refractivity contribution is 6.50. The smallest absolute Gasteiger partial charge is 0.418 e. The average molecular weight is 444 g/mol. The first kappa shape index (κ1) is 27.9. The Morgan fingerprint density at radius 1 is 0.800 bits per heavy atom. The van der Waals surface area contributed by atoms with E-state index < -0.39 is 14.5 Å². The lowest BCUT2D eigenvalue weighted by molar-refractivity contribution is -0.703. The van der Waals surface area contributed by atoms with Crippen LogP contribution in [0.15, 0.2) is 49.1 Å². The van der Waals surface area contributed by atoms with E-state index in [1.165, 1.54) is 36.8 Å². The van der Waals surface area contributed by atoms with Crippen LogP contribution in [0.5, 0.6) is 0 Å². The Kier molecular flexibility index (Phi) is 13.0. The van der Waals surface area contributed by atoms with Crippen LogP contribution >= 0.6 is 0 Å². The van der Waals surface area contributed by atoms with Crippen LogP contribution in [-0.2, 0) is 6.54 Å². The predicted octanol–water partition coefficient (Wildman–Crippen LogP) is 6.27. The second-order valence-electron chi connectivity index (χ2n) is 6.48. The number of nitrogens with one attached hydrogen (secondary N) is 1. The van der Waals surface area contributed by atoms with Crippen molar-refractivity contribution in [1.29, 1.82) is 0 Å². The standard InChI is InChI=1S/C18H25N2.2BF4/c1-3-5-6-16(4-2)15-20-13-9-18(10-14-20)17-7-11-19-12-8-17;2*2-1(3,4)5/h7-14,16H,3-6,15H2,1-2H3;;/q+1;2*-1/p+1. The largest absolute Gasteiger partial charge is 0.673 e. The predicted molar refractivity (Wildman–Crippen MR) is 102 cm³/mol. The van der Waals surface area contributed by atoms with Crippen molar-refractivity contribution in [2.24, 2.45) is 5.92 Å². The molecule has 0 aliphatic carbocycles. The van der Waals surface area contributed by atoms with Crippen molar-refractivity contribution in [1.82, 2.24) is 0 Å². The van der Waals surface area contributed by atoms with Gasteiger partial charge in [-0.3, -0.25) is 0 Å². The lowest BCUT2D eigenvalue weighted by atomic mass is 9.99. The van der Waals surface area contributed by atoms with Gasteiger partial charge < -0.3 is 34.5 Å². The van der Waals surface area contributed by atoms with Crippen molar-refractivity contribution in [3.63, 3.8) is 0 Å². The lowest BCUT2D eigenvalue weighted by Crippen LogP contribution is -2.36. The fourth-order valence-electron chi connectivity index (χ4n) is 2.57. The van der Waals surface area contributed by atoms with Gasteiger partial charge in [0.25, 0.3) is 0 Å². The quantitative estimate of drug-likeness (QED) is 0.272. The van der Waals surface area contributed by atoms with Gasteiger partial charge in [0.05, 0.1) is 0 Å². The van der Waals surface area contributed by atoms with Crippen LogP contribution < -0.4 is 9.55 Å². The summed E-state index contributed by atoms with van der Waals surface area (Å²) in [4.78, 5) is 3.06. The van der Waals surface area contributed by atoms with Crippen molar-refractivity contribution < 1.29 is 44.1 Å². The minimum absolute atomic E-state index is 0.803. The highest BCUT2D eigenvalue weighted by Gasteiger charge is 2.21. The van der Waals surface area contributed by atoms with E-state index in [0.29, 0.717) is 0 Å². The monoisotopic (exact) mass is 444 g/mol. The maximum absolute atomic E-state index is 9.75. The third-order valence-corrected chi connectivity index (χ3v) is 3.95. The summed E-state index contributed by atoms with van der Waals surface area (Å²) in [7, 11) is -12.0. The maximum Gasteiger partial charge on any atom is 0.673 e. The van der Waals surface area contributed by atoms with E-state index in [1.807, 2.05) is 12.4 Å². The highest BCUT2D eigenvalue weighted by Crippen LogP contribution is 2.16. The fourth-order valence-corrected chi connectivity index (χ4v) is 2.57. The van der Waals surface area contributed by atoms with Gasteiger partial charge in [-0.15, -0.1) is 0 Å². The van der Waals surface area contributed by atoms with Crippen molar-refractivity contribution in [2.45, 2.75) is 46.1 Å². The molecule has 0 saturated carbocycles. The number of unbranched alkanes of at least 4 members (excludes halogenated alkanes) is 1. The van der Waals surface area contributed by atoms with Crippen LogP contribution in [0.25, 0.3) is 11.1 Å². The molecule has 1 atom stereocenters. The molecule has 2 rings (SSSR count). The van der Waals surface area contributed by atoms with Crippen LogP contribution in [0.2, 0.25) is 0 Å². The van der Waals surface area contributed by atoms with Crippen LogP contribution in [0.3, 0.4) is 0 Å². The summed E-state index contributed by atoms with van der Waals surface area (Å²) in [6.07, 6.45) is 13.6. The fraction of sp³-hybridized carbons (Fsp3) is 0.444. The van der Waals surface area contributed by atoms with E-state index >= 15 is 0 Å². The molecule has 2 heterocycles. The molecule has 0 fully saturated rings. The third kappa shape index (κ3) is 17.9. The zero-order valence-corrected chi connectivity index (χ0v) is 16.9. The van der Waals surface area contributed by atoms with E-state index in [4.69, 9.17) is 0 Å². The van der Waals surface area contributed by atoms with Gasteiger partial charge in [0.15, 0.2) is 31.3 Å². The number of rotatable bonds is 7. The minimum atomic E-state index is -6.00. The molecule has 0 aliphatic heterocycles. The van der Waals surface area contributed by atoms with Gasteiger partial charge in [0.1, 0.15) is 0 Å². The SMILES string of the molecule is CCCCC(CC)C[n+]1ccc(-c2cc[nH+]cc2)cc1.F[B-](F)(F)F.F[B-](F)(F)F. The molecule has 170 valence electrons. The Morgan fingerprint density at radius 3 is 1.63 bits per heavy atom. The van der Waals surface area contributed by atoms with Crippen molar-refractivity contribution in [3.05, 3.63) is 49.1 Å². The Labute approximate surface area is 171 Å². The number of hydrogen-bond donors (Lipinski definition) is 0. The molecule has 2 aromatic heterocycles. The van der Waals surface area contributed by atoms with E-state index in [0.717, 1.165) is 12.5 Å². The normalized spacial score (nSPS) is 12.2. The Balaban J connectivity index is 0.000000702. The molecule has 0 amide bonds. The Bertz CT molecular complexity index is 655. The number of hydrogen-bond acceptors (Lipinski definition) is 0. The number of halogens is 8. The van der Waals surface area contributed by atoms with Gasteiger partial charge >= 0.3 is 14.5 Å². The molecule has 2 nitrogen and oxygen atoms in total. The van der Waals surface area contributed by atoms with Crippen LogP contribution in [-0.4, -0.2) is 14.5 Å². The molecule has 0 saturated heterocycles. The number of H-pyrrole nitrogens is 1. The molecule has 0 bridgehead atoms. The molecule has 30 heavy (non-hydrogen) atoms. The first-order valence-electron chi connectivity index (χ1n) is 9.53. The summed E-state index contributed by atoms with van der Waals surface area (Å²) >= 11 is 0. The number of pyridine rings is 2. The van der Waals surface area contributed by atoms with E-state index in [-0.39, 0.29) is 0 Å². The van der Waals surface area contributed by atoms with Gasteiger partial charge in [0, 0.05) is 30.2 Å². The van der Waals surface area contributed by atoms with Crippen molar-refractivity contribution >= 4 is 14.5 Å². The molecule has 0 radical (unpaired) electrons. The summed E-state index contributed by atoms with van der Waals surface area (Å²) in [5.41, 5.74) is 2.53. The zero-order valence-electron chi connectivity index (χ0n) is 16.9. The molecule has 0 spiro atoms. The van der Waals surface area contributed by atoms with E-state index in [1.54, 1.807) is 0 Å². The van der Waals surface area contributed by atoms with Crippen molar-refractivity contribution in [3.8, 4) is 11.1 Å². The van der Waals surface area contributed by atoms with E-state index in [9.17, 15) is 34.5 Å².